The first-order valence-corrected chi connectivity index (χ1v) is 13.7. The Kier molecular flexibility index (Phi) is 9.44. The Balaban J connectivity index is 2.56. The number of halogens is 2. The van der Waals surface area contributed by atoms with Gasteiger partial charge >= 0.3 is 15.2 Å². The Bertz CT molecular complexity index is 878. The molecule has 0 saturated carbocycles. The van der Waals surface area contributed by atoms with Gasteiger partial charge in [0.2, 0.25) is 0 Å². The molecule has 0 aliphatic carbocycles. The molecule has 0 amide bonds. The Hall–Kier alpha value is -0.630. The summed E-state index contributed by atoms with van der Waals surface area (Å²) in [7, 11) is -8.48. The van der Waals surface area contributed by atoms with E-state index in [4.69, 9.17) is 41.3 Å². The largest absolute Gasteiger partial charge is 0.372 e. The third-order valence-corrected chi connectivity index (χ3v) is 11.3. The number of benzene rings is 1. The molecule has 0 radical (unpaired) electrons. The number of nitrogens with zero attached hydrogens (tertiary/aromatic N) is 2. The van der Waals surface area contributed by atoms with Gasteiger partial charge in [0.1, 0.15) is 6.04 Å². The van der Waals surface area contributed by atoms with Crippen LogP contribution in [-0.4, -0.2) is 43.3 Å². The van der Waals surface area contributed by atoms with E-state index in [-0.39, 0.29) is 48.5 Å². The maximum atomic E-state index is 13.9. The van der Waals surface area contributed by atoms with E-state index >= 15 is 0 Å². The van der Waals surface area contributed by atoms with Crippen molar-refractivity contribution >= 4 is 44.2 Å². The number of carbonyl (C=O) groups is 1. The number of carbonyl (C=O) groups excluding carboxylic acids is 1. The summed E-state index contributed by atoms with van der Waals surface area (Å²) in [6, 6.07) is 3.24. The molecule has 1 atom stereocenters. The molecule has 0 saturated heterocycles. The molecule has 1 aliphatic heterocycles. The first-order chi connectivity index (χ1) is 14.6. The van der Waals surface area contributed by atoms with Crippen LogP contribution in [0.1, 0.15) is 44.5 Å². The van der Waals surface area contributed by atoms with Gasteiger partial charge in [-0.05, 0) is 45.9 Å². The average Bonchev–Trinajstić information content (AvgIpc) is 3.18. The number of azo groups is 1. The lowest BCUT2D eigenvalue weighted by Gasteiger charge is -2.36. The van der Waals surface area contributed by atoms with Gasteiger partial charge in [0.15, 0.2) is 5.78 Å². The highest BCUT2D eigenvalue weighted by Crippen LogP contribution is 2.81. The molecule has 2 rings (SSSR count). The second-order valence-electron chi connectivity index (χ2n) is 6.37. The van der Waals surface area contributed by atoms with Gasteiger partial charge in [0.05, 0.1) is 36.5 Å². The average molecular weight is 515 g/mol. The van der Waals surface area contributed by atoms with Crippen molar-refractivity contribution in [1.29, 1.82) is 0 Å². The van der Waals surface area contributed by atoms with Crippen LogP contribution >= 0.6 is 38.4 Å². The molecule has 1 aromatic rings. The van der Waals surface area contributed by atoms with E-state index in [9.17, 15) is 13.9 Å². The fourth-order valence-electron chi connectivity index (χ4n) is 3.14. The lowest BCUT2D eigenvalue weighted by atomic mass is 10.0. The molecule has 0 aromatic heterocycles. The zero-order chi connectivity index (χ0) is 23.3. The molecule has 31 heavy (non-hydrogen) atoms. The van der Waals surface area contributed by atoms with Gasteiger partial charge in [0.25, 0.3) is 5.02 Å². The summed E-state index contributed by atoms with van der Waals surface area (Å²) in [6.07, 6.45) is -0.347. The highest BCUT2D eigenvalue weighted by Gasteiger charge is 2.69. The fraction of sp³-hybridized carbons (Fsp3) is 0.611. The van der Waals surface area contributed by atoms with Crippen molar-refractivity contribution in [3.05, 3.63) is 33.8 Å². The lowest BCUT2D eigenvalue weighted by Crippen LogP contribution is -2.33. The van der Waals surface area contributed by atoms with E-state index < -0.39 is 32.0 Å². The standard InChI is InChI=1S/C18H26Cl2N2O7P2/c1-5-26-30(24,27-6-2)18(31(25,28-7-3)29-8-4)12-16(21-22-18)17(23)13-9-10-14(19)15(20)11-13/h9-11,16H,5-8,12H2,1-4H3. The van der Waals surface area contributed by atoms with Crippen LogP contribution in [0.4, 0.5) is 0 Å². The van der Waals surface area contributed by atoms with Crippen molar-refractivity contribution in [2.45, 2.75) is 45.2 Å². The van der Waals surface area contributed by atoms with Gasteiger partial charge in [-0.3, -0.25) is 13.9 Å². The number of rotatable bonds is 12. The summed E-state index contributed by atoms with van der Waals surface area (Å²) in [5, 5.41) is 6.45. The maximum Gasteiger partial charge on any atom is 0.372 e. The zero-order valence-corrected chi connectivity index (χ0v) is 21.0. The topological polar surface area (TPSA) is 113 Å². The SMILES string of the molecule is CCOP(=O)(OCC)C1(P(=O)(OCC)OCC)CC(C(=O)c2ccc(Cl)c(Cl)c2)N=N1. The first-order valence-electron chi connectivity index (χ1n) is 9.83. The van der Waals surface area contributed by atoms with E-state index in [2.05, 4.69) is 10.2 Å². The van der Waals surface area contributed by atoms with Gasteiger partial charge in [-0.25, -0.2) is 0 Å². The first kappa shape index (κ1) is 26.6. The van der Waals surface area contributed by atoms with Crippen molar-refractivity contribution in [1.82, 2.24) is 0 Å². The highest BCUT2D eigenvalue weighted by atomic mass is 35.5. The van der Waals surface area contributed by atoms with Crippen LogP contribution in [0, 0.1) is 0 Å². The Morgan fingerprint density at radius 3 is 1.87 bits per heavy atom. The van der Waals surface area contributed by atoms with Crippen molar-refractivity contribution in [2.75, 3.05) is 26.4 Å². The second-order valence-corrected chi connectivity index (χ2v) is 12.0. The Labute approximate surface area is 191 Å². The lowest BCUT2D eigenvalue weighted by molar-refractivity contribution is 0.0960. The summed E-state index contributed by atoms with van der Waals surface area (Å²) in [5.74, 6) is -0.469. The number of ketones is 1. The van der Waals surface area contributed by atoms with Crippen LogP contribution in [0.3, 0.4) is 0 Å². The van der Waals surface area contributed by atoms with E-state index in [1.165, 1.54) is 18.2 Å². The van der Waals surface area contributed by atoms with Crippen molar-refractivity contribution < 1.29 is 32.0 Å². The molecule has 13 heteroatoms. The van der Waals surface area contributed by atoms with Gasteiger partial charge in [-0.2, -0.15) is 10.2 Å². The quantitative estimate of drug-likeness (QED) is 0.228. The minimum Gasteiger partial charge on any atom is -0.307 e. The predicted molar refractivity (Wildman–Crippen MR) is 119 cm³/mol. The maximum absolute atomic E-state index is 13.9. The minimum atomic E-state index is -4.24. The fourth-order valence-corrected chi connectivity index (χ4v) is 8.78. The molecular formula is C18H26Cl2N2O7P2. The molecule has 0 N–H and O–H groups in total. The van der Waals surface area contributed by atoms with Gasteiger partial charge in [-0.15, -0.1) is 0 Å². The van der Waals surface area contributed by atoms with Crippen molar-refractivity contribution in [2.24, 2.45) is 10.2 Å². The third kappa shape index (κ3) is 5.15. The van der Waals surface area contributed by atoms with Crippen LogP contribution in [0.25, 0.3) is 0 Å². The monoisotopic (exact) mass is 514 g/mol. The Morgan fingerprint density at radius 2 is 1.45 bits per heavy atom. The molecule has 9 nitrogen and oxygen atoms in total. The summed E-state index contributed by atoms with van der Waals surface area (Å²) < 4.78 is 49.6. The van der Waals surface area contributed by atoms with E-state index in [0.29, 0.717) is 0 Å². The number of Topliss-reactive ketones (excluding diaryl/α,β-unsaturated/α-hetero) is 1. The van der Waals surface area contributed by atoms with Crippen molar-refractivity contribution in [3.8, 4) is 0 Å². The number of hydrogen-bond acceptors (Lipinski definition) is 9. The second kappa shape index (κ2) is 11.0. The van der Waals surface area contributed by atoms with Crippen molar-refractivity contribution in [3.63, 3.8) is 0 Å². The van der Waals surface area contributed by atoms with Crippen LogP contribution in [0.5, 0.6) is 0 Å². The highest BCUT2D eigenvalue weighted by molar-refractivity contribution is 7.74. The minimum absolute atomic E-state index is 0.0157. The summed E-state index contributed by atoms with van der Waals surface area (Å²) in [5.41, 5.74) is 0.222. The van der Waals surface area contributed by atoms with E-state index in [0.717, 1.165) is 0 Å². The molecule has 1 aromatic carbocycles. The molecule has 0 spiro atoms. The molecule has 174 valence electrons. The van der Waals surface area contributed by atoms with E-state index in [1.54, 1.807) is 27.7 Å². The molecule has 0 fully saturated rings. The van der Waals surface area contributed by atoms with Gasteiger partial charge < -0.3 is 18.1 Å². The predicted octanol–water partition coefficient (Wildman–Crippen LogP) is 6.59. The molecule has 1 aliphatic rings. The normalized spacial score (nSPS) is 18.5. The molecular weight excluding hydrogens is 489 g/mol. The van der Waals surface area contributed by atoms with E-state index in [1.807, 2.05) is 0 Å². The van der Waals surface area contributed by atoms with Crippen LogP contribution < -0.4 is 0 Å². The summed E-state index contributed by atoms with van der Waals surface area (Å²) in [6.45, 7) is 6.37. The molecule has 1 unspecified atom stereocenters. The van der Waals surface area contributed by atoms with Crippen LogP contribution in [-0.2, 0) is 27.2 Å². The summed E-state index contributed by atoms with van der Waals surface area (Å²) >= 11 is 11.9. The Morgan fingerprint density at radius 1 is 0.968 bits per heavy atom. The number of hydrogen-bond donors (Lipinski definition) is 0. The zero-order valence-electron chi connectivity index (χ0n) is 17.7. The third-order valence-electron chi connectivity index (χ3n) is 4.40. The van der Waals surface area contributed by atoms with Crippen LogP contribution in [0.2, 0.25) is 10.0 Å². The molecule has 0 bridgehead atoms. The van der Waals surface area contributed by atoms with Gasteiger partial charge in [0, 0.05) is 12.0 Å². The van der Waals surface area contributed by atoms with Gasteiger partial charge in [-0.1, -0.05) is 23.2 Å². The molecule has 1 heterocycles. The smallest absolute Gasteiger partial charge is 0.307 e. The summed E-state index contributed by atoms with van der Waals surface area (Å²) in [4.78, 5) is 13.1. The van der Waals surface area contributed by atoms with Crippen LogP contribution in [0.15, 0.2) is 28.4 Å².